The topological polar surface area (TPSA) is 79.0 Å². The molecule has 4 aliphatic rings. The lowest BCUT2D eigenvalue weighted by atomic mass is 9.82. The van der Waals surface area contributed by atoms with Gasteiger partial charge in [-0.1, -0.05) is 18.2 Å². The molecule has 1 aromatic rings. The lowest BCUT2D eigenvalue weighted by Crippen LogP contribution is -2.51. The number of sulfonamides is 1. The number of hydrogen-bond donors (Lipinski definition) is 1. The fraction of sp³-hybridized carbons (Fsp3) is 0.667. The maximum absolute atomic E-state index is 13.2. The summed E-state index contributed by atoms with van der Waals surface area (Å²) >= 11 is 0. The van der Waals surface area contributed by atoms with Gasteiger partial charge in [0.25, 0.3) is 0 Å². The van der Waals surface area contributed by atoms with Crippen LogP contribution in [0.25, 0.3) is 0 Å². The molecule has 1 aliphatic carbocycles. The summed E-state index contributed by atoms with van der Waals surface area (Å²) in [5.41, 5.74) is 2.43. The molecule has 1 N–H and O–H groups in total. The van der Waals surface area contributed by atoms with E-state index in [1.165, 1.54) is 11.8 Å². The minimum Gasteiger partial charge on any atom is -0.376 e. The van der Waals surface area contributed by atoms with E-state index >= 15 is 0 Å². The van der Waals surface area contributed by atoms with Crippen LogP contribution < -0.4 is 9.62 Å². The maximum Gasteiger partial charge on any atom is 0.242 e. The van der Waals surface area contributed by atoms with Crippen molar-refractivity contribution in [1.82, 2.24) is 9.62 Å². The van der Waals surface area contributed by atoms with E-state index < -0.39 is 10.0 Å². The number of nitrogens with zero attached hydrogens (tertiary/aromatic N) is 2. The zero-order valence-corrected chi connectivity index (χ0v) is 18.0. The number of rotatable bonds is 2. The summed E-state index contributed by atoms with van der Waals surface area (Å²) in [4.78, 5) is 17.0. The molecule has 1 aromatic carbocycles. The molecule has 29 heavy (non-hydrogen) atoms. The van der Waals surface area contributed by atoms with Crippen molar-refractivity contribution in [3.8, 4) is 0 Å². The van der Waals surface area contributed by atoms with Gasteiger partial charge in [0.05, 0.1) is 31.6 Å². The maximum atomic E-state index is 13.2. The van der Waals surface area contributed by atoms with Gasteiger partial charge in [0.2, 0.25) is 15.9 Å². The van der Waals surface area contributed by atoms with E-state index in [1.54, 1.807) is 0 Å². The molecule has 2 bridgehead atoms. The van der Waals surface area contributed by atoms with Crippen LogP contribution in [0.5, 0.6) is 0 Å². The highest BCUT2D eigenvalue weighted by Gasteiger charge is 2.40. The third-order valence-electron chi connectivity index (χ3n) is 6.57. The van der Waals surface area contributed by atoms with Crippen molar-refractivity contribution in [3.05, 3.63) is 29.8 Å². The first-order valence-electron chi connectivity index (χ1n) is 10.5. The number of carbonyl (C=O) groups is 1. The first-order valence-corrected chi connectivity index (χ1v) is 12.4. The van der Waals surface area contributed by atoms with Crippen LogP contribution in [0.4, 0.5) is 5.69 Å². The summed E-state index contributed by atoms with van der Waals surface area (Å²) in [6.07, 6.45) is 6.09. The Morgan fingerprint density at radius 1 is 1.10 bits per heavy atom. The summed E-state index contributed by atoms with van der Waals surface area (Å²) in [6.45, 7) is 1.20. The van der Waals surface area contributed by atoms with Gasteiger partial charge in [-0.05, 0) is 49.7 Å². The van der Waals surface area contributed by atoms with Crippen LogP contribution in [0.1, 0.15) is 43.6 Å². The van der Waals surface area contributed by atoms with Gasteiger partial charge < -0.3 is 14.5 Å². The van der Waals surface area contributed by atoms with Gasteiger partial charge in [0, 0.05) is 25.3 Å². The summed E-state index contributed by atoms with van der Waals surface area (Å²) in [6, 6.07) is 7.82. The smallest absolute Gasteiger partial charge is 0.242 e. The lowest BCUT2D eigenvalue weighted by Gasteiger charge is -2.32. The Hall–Kier alpha value is -1.64. The summed E-state index contributed by atoms with van der Waals surface area (Å²) in [5.74, 6) is 0.504. The third kappa shape index (κ3) is 4.59. The minimum atomic E-state index is -3.35. The second-order valence-electron chi connectivity index (χ2n) is 8.66. The van der Waals surface area contributed by atoms with Crippen LogP contribution >= 0.6 is 0 Å². The van der Waals surface area contributed by atoms with E-state index in [-0.39, 0.29) is 30.6 Å². The predicted molar refractivity (Wildman–Crippen MR) is 113 cm³/mol. The molecule has 1 saturated carbocycles. The molecule has 3 aliphatic heterocycles. The molecule has 0 radical (unpaired) electrons. The minimum absolute atomic E-state index is 0.0142. The van der Waals surface area contributed by atoms with Crippen molar-refractivity contribution in [2.45, 2.75) is 56.2 Å². The third-order valence-corrected chi connectivity index (χ3v) is 7.30. The second-order valence-corrected chi connectivity index (χ2v) is 10.4. The summed E-state index contributed by atoms with van der Waals surface area (Å²) < 4.78 is 32.6. The molecule has 8 heteroatoms. The van der Waals surface area contributed by atoms with Gasteiger partial charge in [-0.2, -0.15) is 0 Å². The molecule has 0 aromatic heterocycles. The molecule has 1 saturated heterocycles. The second kappa shape index (κ2) is 8.24. The van der Waals surface area contributed by atoms with Crippen LogP contribution in [-0.4, -0.2) is 70.4 Å². The van der Waals surface area contributed by atoms with Gasteiger partial charge in [-0.25, -0.2) is 13.1 Å². The Bertz CT molecular complexity index is 851. The molecule has 3 heterocycles. The van der Waals surface area contributed by atoms with Crippen molar-refractivity contribution in [2.75, 3.05) is 37.9 Å². The van der Waals surface area contributed by atoms with E-state index in [9.17, 15) is 13.2 Å². The average molecular weight is 422 g/mol. The zero-order chi connectivity index (χ0) is 20.6. The highest BCUT2D eigenvalue weighted by atomic mass is 32.2. The molecule has 0 spiro atoms. The number of benzene rings is 1. The van der Waals surface area contributed by atoms with Crippen LogP contribution in [0.15, 0.2) is 24.3 Å². The Morgan fingerprint density at radius 2 is 1.83 bits per heavy atom. The van der Waals surface area contributed by atoms with Crippen LogP contribution in [-0.2, 0) is 19.6 Å². The zero-order valence-electron chi connectivity index (χ0n) is 17.2. The van der Waals surface area contributed by atoms with Crippen molar-refractivity contribution >= 4 is 21.6 Å². The van der Waals surface area contributed by atoms with E-state index in [4.69, 9.17) is 4.74 Å². The van der Waals surface area contributed by atoms with Crippen LogP contribution in [0.2, 0.25) is 0 Å². The number of ether oxygens (including phenoxy) is 1. The Kier molecular flexibility index (Phi) is 5.86. The van der Waals surface area contributed by atoms with Gasteiger partial charge in [-0.3, -0.25) is 4.79 Å². The molecular weight excluding hydrogens is 390 g/mol. The fourth-order valence-electron chi connectivity index (χ4n) is 5.12. The molecule has 2 fully saturated rings. The Morgan fingerprint density at radius 3 is 2.55 bits per heavy atom. The highest BCUT2D eigenvalue weighted by Crippen LogP contribution is 2.39. The average Bonchev–Trinajstić information content (AvgIpc) is 3.07. The normalized spacial score (nSPS) is 30.9. The number of para-hydroxylation sites is 1. The summed E-state index contributed by atoms with van der Waals surface area (Å²) in [5, 5.41) is 0. The monoisotopic (exact) mass is 421 g/mol. The molecule has 160 valence electrons. The van der Waals surface area contributed by atoms with Crippen molar-refractivity contribution in [1.29, 1.82) is 0 Å². The Balaban J connectivity index is 1.63. The molecule has 7 nitrogen and oxygen atoms in total. The molecule has 2 unspecified atom stereocenters. The number of likely N-dealkylation sites (N-methyl/N-ethyl adjacent to an activating group) is 1. The quantitative estimate of drug-likeness (QED) is 0.786. The van der Waals surface area contributed by atoms with Gasteiger partial charge in [0.15, 0.2) is 0 Å². The fourth-order valence-corrected chi connectivity index (χ4v) is 5.94. The van der Waals surface area contributed by atoms with E-state index in [2.05, 4.69) is 22.9 Å². The predicted octanol–water partition coefficient (Wildman–Crippen LogP) is 1.70. The van der Waals surface area contributed by atoms with Crippen molar-refractivity contribution < 1.29 is 17.9 Å². The number of hydrogen-bond acceptors (Lipinski definition) is 5. The Labute approximate surface area is 173 Å². The number of fused-ring (bicyclic) bond motifs is 5. The largest absolute Gasteiger partial charge is 0.376 e. The molecule has 1 amide bonds. The standard InChI is InChI=1S/C21H31N3O4S/c1-23-13-21(25)24-12-11-18(22-29(2,26)27)20(24)14-28-16-9-7-15(8-10-16)17-5-3-4-6-19(17)23/h3-6,15-16,18,20,22H,7-14H2,1-2H3/t15-,16+,18?,20?. The number of anilines is 1. The molecular formula is C21H31N3O4S. The number of nitrogens with one attached hydrogen (secondary N) is 1. The SMILES string of the molecule is CN1CC(=O)N2CCC(NS(C)(=O)=O)C2CO[C@H]2CC[C@H](CC2)c2ccccc21. The number of amides is 1. The van der Waals surface area contributed by atoms with Crippen molar-refractivity contribution in [3.63, 3.8) is 0 Å². The van der Waals surface area contributed by atoms with Gasteiger partial charge >= 0.3 is 0 Å². The van der Waals surface area contributed by atoms with E-state index in [0.29, 0.717) is 25.5 Å². The first-order chi connectivity index (χ1) is 13.8. The molecule has 2 atom stereocenters. The highest BCUT2D eigenvalue weighted by molar-refractivity contribution is 7.88. The van der Waals surface area contributed by atoms with E-state index in [0.717, 1.165) is 31.4 Å². The van der Waals surface area contributed by atoms with Crippen LogP contribution in [0, 0.1) is 0 Å². The summed E-state index contributed by atoms with van der Waals surface area (Å²) in [7, 11) is -1.38. The van der Waals surface area contributed by atoms with Gasteiger partial charge in [0.1, 0.15) is 0 Å². The van der Waals surface area contributed by atoms with Gasteiger partial charge in [-0.15, -0.1) is 0 Å². The van der Waals surface area contributed by atoms with E-state index in [1.807, 2.05) is 22.9 Å². The lowest BCUT2D eigenvalue weighted by molar-refractivity contribution is -0.132. The first kappa shape index (κ1) is 20.6. The molecule has 5 rings (SSSR count). The van der Waals surface area contributed by atoms with Crippen molar-refractivity contribution in [2.24, 2.45) is 0 Å². The number of carbonyl (C=O) groups excluding carboxylic acids is 1. The van der Waals surface area contributed by atoms with Crippen LogP contribution in [0.3, 0.4) is 0 Å².